The van der Waals surface area contributed by atoms with Gasteiger partial charge in [0.15, 0.2) is 0 Å². The molecule has 0 fully saturated rings. The van der Waals surface area contributed by atoms with Crippen LogP contribution >= 0.6 is 0 Å². The number of carbonyl (C=O) groups is 3. The molecule has 2 amide bonds. The average molecular weight is 485 g/mol. The Morgan fingerprint density at radius 1 is 0.944 bits per heavy atom. The fourth-order valence-corrected chi connectivity index (χ4v) is 5.11. The van der Waals surface area contributed by atoms with Gasteiger partial charge in [0.25, 0.3) is 5.91 Å². The van der Waals surface area contributed by atoms with E-state index in [4.69, 9.17) is 4.74 Å². The number of benzene rings is 3. The maximum Gasteiger partial charge on any atom is 0.321 e. The van der Waals surface area contributed by atoms with Crippen molar-refractivity contribution in [1.29, 1.82) is 0 Å². The smallest absolute Gasteiger partial charge is 0.321 e. The van der Waals surface area contributed by atoms with E-state index in [0.29, 0.717) is 31.5 Å². The summed E-state index contributed by atoms with van der Waals surface area (Å²) in [4.78, 5) is 41.0. The van der Waals surface area contributed by atoms with Gasteiger partial charge in [0.1, 0.15) is 5.41 Å². The second-order valence-corrected chi connectivity index (χ2v) is 9.05. The molecule has 2 atom stereocenters. The van der Waals surface area contributed by atoms with Gasteiger partial charge in [0.05, 0.1) is 12.5 Å². The third-order valence-electron chi connectivity index (χ3n) is 6.94. The van der Waals surface area contributed by atoms with Crippen molar-refractivity contribution in [2.45, 2.75) is 31.1 Å². The van der Waals surface area contributed by atoms with Crippen molar-refractivity contribution in [2.24, 2.45) is 0 Å². The molecule has 36 heavy (non-hydrogen) atoms. The van der Waals surface area contributed by atoms with Crippen molar-refractivity contribution in [3.63, 3.8) is 0 Å². The molecular formula is C30H32N2O4. The molecule has 0 bridgehead atoms. The van der Waals surface area contributed by atoms with Gasteiger partial charge in [-0.25, -0.2) is 0 Å². The van der Waals surface area contributed by atoms with Crippen LogP contribution < -0.4 is 5.32 Å². The first-order chi connectivity index (χ1) is 17.5. The van der Waals surface area contributed by atoms with Crippen LogP contribution in [0.4, 0.5) is 0 Å². The molecule has 3 aromatic carbocycles. The predicted octanol–water partition coefficient (Wildman–Crippen LogP) is 4.30. The standard InChI is InChI=1S/C30H32N2O4/c1-3-36-29(35)30(23-14-8-5-9-15-23)19-18-25(24-16-10-11-17-26(24)30)28(34)32(2)21-20-31-27(33)22-12-6-4-7-13-22/h4-17,25H,3,18-21H2,1-2H3,(H,31,33). The fourth-order valence-electron chi connectivity index (χ4n) is 5.11. The summed E-state index contributed by atoms with van der Waals surface area (Å²) in [6.45, 7) is 2.83. The minimum atomic E-state index is -0.952. The highest BCUT2D eigenvalue weighted by Crippen LogP contribution is 2.48. The van der Waals surface area contributed by atoms with E-state index in [9.17, 15) is 14.4 Å². The van der Waals surface area contributed by atoms with Crippen LogP contribution in [-0.2, 0) is 19.7 Å². The van der Waals surface area contributed by atoms with Crippen LogP contribution in [0.3, 0.4) is 0 Å². The summed E-state index contributed by atoms with van der Waals surface area (Å²) < 4.78 is 5.58. The zero-order chi connectivity index (χ0) is 25.5. The van der Waals surface area contributed by atoms with Crippen molar-refractivity contribution < 1.29 is 19.1 Å². The summed E-state index contributed by atoms with van der Waals surface area (Å²) in [5.41, 5.74) is 2.19. The van der Waals surface area contributed by atoms with E-state index in [1.54, 1.807) is 24.1 Å². The monoisotopic (exact) mass is 484 g/mol. The summed E-state index contributed by atoms with van der Waals surface area (Å²) in [6.07, 6.45) is 0.992. The van der Waals surface area contributed by atoms with Crippen molar-refractivity contribution in [2.75, 3.05) is 26.7 Å². The molecule has 0 saturated carbocycles. The Morgan fingerprint density at radius 3 is 2.28 bits per heavy atom. The maximum absolute atomic E-state index is 13.5. The number of nitrogens with zero attached hydrogens (tertiary/aromatic N) is 1. The Kier molecular flexibility index (Phi) is 7.84. The highest BCUT2D eigenvalue weighted by Gasteiger charge is 2.49. The van der Waals surface area contributed by atoms with E-state index < -0.39 is 5.41 Å². The first kappa shape index (κ1) is 25.2. The van der Waals surface area contributed by atoms with Gasteiger partial charge >= 0.3 is 5.97 Å². The number of amides is 2. The Bertz CT molecular complexity index is 1210. The zero-order valence-electron chi connectivity index (χ0n) is 20.8. The Balaban J connectivity index is 1.55. The average Bonchev–Trinajstić information content (AvgIpc) is 2.93. The first-order valence-corrected chi connectivity index (χ1v) is 12.4. The maximum atomic E-state index is 13.5. The van der Waals surface area contributed by atoms with Gasteiger partial charge in [-0.1, -0.05) is 72.8 Å². The lowest BCUT2D eigenvalue weighted by Crippen LogP contribution is -2.45. The molecule has 0 saturated heterocycles. The van der Waals surface area contributed by atoms with E-state index in [1.165, 1.54) is 0 Å². The van der Waals surface area contributed by atoms with E-state index in [1.807, 2.05) is 79.7 Å². The number of hydrogen-bond donors (Lipinski definition) is 1. The van der Waals surface area contributed by atoms with E-state index in [-0.39, 0.29) is 30.3 Å². The van der Waals surface area contributed by atoms with Gasteiger partial charge in [-0.2, -0.15) is 0 Å². The summed E-state index contributed by atoms with van der Waals surface area (Å²) in [7, 11) is 1.75. The Hall–Kier alpha value is -3.93. The van der Waals surface area contributed by atoms with Crippen LogP contribution in [0, 0.1) is 0 Å². The molecule has 3 aromatic rings. The van der Waals surface area contributed by atoms with Crippen molar-refractivity contribution in [3.8, 4) is 0 Å². The van der Waals surface area contributed by atoms with E-state index >= 15 is 0 Å². The summed E-state index contributed by atoms with van der Waals surface area (Å²) in [5, 5.41) is 2.88. The van der Waals surface area contributed by atoms with E-state index in [0.717, 1.165) is 16.7 Å². The normalized spacial score (nSPS) is 18.6. The second kappa shape index (κ2) is 11.2. The number of nitrogens with one attached hydrogen (secondary N) is 1. The molecule has 4 rings (SSSR count). The highest BCUT2D eigenvalue weighted by molar-refractivity contribution is 5.94. The van der Waals surface area contributed by atoms with Crippen molar-refractivity contribution >= 4 is 17.8 Å². The molecule has 6 heteroatoms. The lowest BCUT2D eigenvalue weighted by atomic mass is 9.63. The number of hydrogen-bond acceptors (Lipinski definition) is 4. The molecule has 0 radical (unpaired) electrons. The minimum absolute atomic E-state index is 0.0260. The molecule has 2 unspecified atom stereocenters. The molecule has 1 N–H and O–H groups in total. The van der Waals surface area contributed by atoms with E-state index in [2.05, 4.69) is 5.32 Å². The van der Waals surface area contributed by atoms with Crippen molar-refractivity contribution in [3.05, 3.63) is 107 Å². The largest absolute Gasteiger partial charge is 0.465 e. The van der Waals surface area contributed by atoms with Gasteiger partial charge in [0, 0.05) is 25.7 Å². The molecule has 1 aliphatic carbocycles. The molecule has 0 spiro atoms. The number of rotatable bonds is 8. The Labute approximate surface area is 212 Å². The molecule has 6 nitrogen and oxygen atoms in total. The summed E-state index contributed by atoms with van der Waals surface area (Å²) in [5.74, 6) is -0.850. The first-order valence-electron chi connectivity index (χ1n) is 12.4. The quantitative estimate of drug-likeness (QED) is 0.484. The number of ether oxygens (including phenoxy) is 1. The summed E-state index contributed by atoms with van der Waals surface area (Å²) in [6, 6.07) is 26.4. The van der Waals surface area contributed by atoms with Crippen LogP contribution in [0.5, 0.6) is 0 Å². The van der Waals surface area contributed by atoms with Gasteiger partial charge in [-0.15, -0.1) is 0 Å². The fraction of sp³-hybridized carbons (Fsp3) is 0.300. The molecule has 0 heterocycles. The summed E-state index contributed by atoms with van der Waals surface area (Å²) >= 11 is 0. The van der Waals surface area contributed by atoms with Gasteiger partial charge in [-0.3, -0.25) is 14.4 Å². The zero-order valence-corrected chi connectivity index (χ0v) is 20.8. The number of carbonyl (C=O) groups excluding carboxylic acids is 3. The van der Waals surface area contributed by atoms with Gasteiger partial charge in [-0.05, 0) is 48.6 Å². The second-order valence-electron chi connectivity index (χ2n) is 9.05. The molecule has 0 aliphatic heterocycles. The molecule has 1 aliphatic rings. The van der Waals surface area contributed by atoms with Crippen LogP contribution in [0.15, 0.2) is 84.9 Å². The molecule has 186 valence electrons. The lowest BCUT2D eigenvalue weighted by Gasteiger charge is -2.40. The molecule has 0 aromatic heterocycles. The van der Waals surface area contributed by atoms with Crippen LogP contribution in [0.25, 0.3) is 0 Å². The third kappa shape index (κ3) is 4.89. The minimum Gasteiger partial charge on any atom is -0.465 e. The number of fused-ring (bicyclic) bond motifs is 1. The topological polar surface area (TPSA) is 75.7 Å². The lowest BCUT2D eigenvalue weighted by molar-refractivity contribution is -0.149. The van der Waals surface area contributed by atoms with Crippen LogP contribution in [-0.4, -0.2) is 49.4 Å². The number of likely N-dealkylation sites (N-methyl/N-ethyl adjacent to an activating group) is 1. The predicted molar refractivity (Wildman–Crippen MR) is 139 cm³/mol. The Morgan fingerprint density at radius 2 is 1.58 bits per heavy atom. The van der Waals surface area contributed by atoms with Gasteiger partial charge < -0.3 is 15.0 Å². The highest BCUT2D eigenvalue weighted by atomic mass is 16.5. The SMILES string of the molecule is CCOC(=O)C1(c2ccccc2)CCC(C(=O)N(C)CCNC(=O)c2ccccc2)c2ccccc21. The molecular weight excluding hydrogens is 452 g/mol. The van der Waals surface area contributed by atoms with Crippen molar-refractivity contribution in [1.82, 2.24) is 10.2 Å². The third-order valence-corrected chi connectivity index (χ3v) is 6.94. The van der Waals surface area contributed by atoms with Crippen LogP contribution in [0.2, 0.25) is 0 Å². The van der Waals surface area contributed by atoms with Gasteiger partial charge in [0.2, 0.25) is 5.91 Å². The number of esters is 1. The van der Waals surface area contributed by atoms with Crippen LogP contribution in [0.1, 0.15) is 52.7 Å².